The highest BCUT2D eigenvalue weighted by Crippen LogP contribution is 2.41. The second-order valence-corrected chi connectivity index (χ2v) is 8.44. The molecule has 160 valence electrons. The molecule has 1 amide bonds. The van der Waals surface area contributed by atoms with E-state index in [1.165, 1.54) is 0 Å². The molecule has 0 spiro atoms. The Bertz CT molecular complexity index is 1050. The van der Waals surface area contributed by atoms with E-state index in [1.54, 1.807) is 4.90 Å². The van der Waals surface area contributed by atoms with Crippen LogP contribution in [0.2, 0.25) is 0 Å². The Morgan fingerprint density at radius 1 is 1.13 bits per heavy atom. The lowest BCUT2D eigenvalue weighted by Crippen LogP contribution is -2.38. The van der Waals surface area contributed by atoms with Crippen molar-refractivity contribution in [2.75, 3.05) is 13.1 Å². The van der Waals surface area contributed by atoms with E-state index in [0.717, 1.165) is 54.0 Å². The van der Waals surface area contributed by atoms with Gasteiger partial charge < -0.3 is 14.2 Å². The van der Waals surface area contributed by atoms with E-state index in [9.17, 15) is 4.79 Å². The molecule has 2 fully saturated rings. The van der Waals surface area contributed by atoms with Crippen molar-refractivity contribution < 1.29 is 14.1 Å². The summed E-state index contributed by atoms with van der Waals surface area (Å²) in [6, 6.07) is 11.7. The minimum atomic E-state index is -0.255. The molecular weight excluding hydrogens is 392 g/mol. The van der Waals surface area contributed by atoms with E-state index < -0.39 is 0 Å². The van der Waals surface area contributed by atoms with Gasteiger partial charge in [0.05, 0.1) is 17.0 Å². The maximum Gasteiger partial charge on any atom is 0.410 e. The SMILES string of the molecule is Cc1cc(-c2cnc(C3CC3)nc2C2CCN(C(=O)OCc3ccccc3)CC2)on1. The van der Waals surface area contributed by atoms with Crippen molar-refractivity contribution >= 4 is 6.09 Å². The molecule has 2 aliphatic rings. The molecule has 1 saturated carbocycles. The maximum atomic E-state index is 12.5. The topological polar surface area (TPSA) is 81.4 Å². The zero-order valence-electron chi connectivity index (χ0n) is 17.7. The first-order valence-corrected chi connectivity index (χ1v) is 10.9. The van der Waals surface area contributed by atoms with Crippen molar-refractivity contribution in [2.24, 2.45) is 0 Å². The first-order valence-electron chi connectivity index (χ1n) is 10.9. The van der Waals surface area contributed by atoms with Crippen LogP contribution in [0, 0.1) is 6.92 Å². The van der Waals surface area contributed by atoms with E-state index in [2.05, 4.69) is 10.1 Å². The number of hydrogen-bond donors (Lipinski definition) is 0. The summed E-state index contributed by atoms with van der Waals surface area (Å²) in [7, 11) is 0. The van der Waals surface area contributed by atoms with Crippen LogP contribution < -0.4 is 0 Å². The Kier molecular flexibility index (Phi) is 5.40. The number of benzene rings is 1. The minimum absolute atomic E-state index is 0.249. The van der Waals surface area contributed by atoms with Crippen LogP contribution in [0.25, 0.3) is 11.3 Å². The molecule has 0 unspecified atom stereocenters. The number of ether oxygens (including phenoxy) is 1. The molecule has 0 N–H and O–H groups in total. The van der Waals surface area contributed by atoms with Gasteiger partial charge in [0.15, 0.2) is 5.76 Å². The molecule has 2 aromatic heterocycles. The van der Waals surface area contributed by atoms with Crippen molar-refractivity contribution in [3.8, 4) is 11.3 Å². The summed E-state index contributed by atoms with van der Waals surface area (Å²) in [5.41, 5.74) is 3.76. The van der Waals surface area contributed by atoms with Crippen molar-refractivity contribution in [3.63, 3.8) is 0 Å². The second-order valence-electron chi connectivity index (χ2n) is 8.44. The van der Waals surface area contributed by atoms with Crippen LogP contribution in [0.1, 0.15) is 60.3 Å². The number of nitrogens with zero attached hydrogens (tertiary/aromatic N) is 4. The van der Waals surface area contributed by atoms with Gasteiger partial charge in [-0.1, -0.05) is 35.5 Å². The largest absolute Gasteiger partial charge is 0.445 e. The number of amides is 1. The fraction of sp³-hybridized carbons (Fsp3) is 0.417. The van der Waals surface area contributed by atoms with Gasteiger partial charge in [0.25, 0.3) is 0 Å². The zero-order chi connectivity index (χ0) is 21.2. The van der Waals surface area contributed by atoms with Gasteiger partial charge in [0.1, 0.15) is 12.4 Å². The molecule has 3 heterocycles. The lowest BCUT2D eigenvalue weighted by molar-refractivity contribution is 0.0868. The van der Waals surface area contributed by atoms with Crippen molar-refractivity contribution in [1.82, 2.24) is 20.0 Å². The molecular formula is C24H26N4O3. The van der Waals surface area contributed by atoms with Gasteiger partial charge in [-0.3, -0.25) is 0 Å². The number of aromatic nitrogens is 3. The van der Waals surface area contributed by atoms with Crippen LogP contribution in [0.5, 0.6) is 0 Å². The Morgan fingerprint density at radius 3 is 2.58 bits per heavy atom. The van der Waals surface area contributed by atoms with Gasteiger partial charge in [-0.25, -0.2) is 14.8 Å². The molecule has 0 bridgehead atoms. The second kappa shape index (κ2) is 8.49. The normalized spacial score (nSPS) is 17.0. The molecule has 3 aromatic rings. The molecule has 1 aromatic carbocycles. The third-order valence-corrected chi connectivity index (χ3v) is 6.02. The zero-order valence-corrected chi connectivity index (χ0v) is 17.7. The van der Waals surface area contributed by atoms with E-state index in [1.807, 2.05) is 49.5 Å². The van der Waals surface area contributed by atoms with Crippen LogP contribution in [0.15, 0.2) is 47.1 Å². The number of rotatable bonds is 5. The predicted octanol–water partition coefficient (Wildman–Crippen LogP) is 4.83. The number of carbonyl (C=O) groups is 1. The van der Waals surface area contributed by atoms with Crippen molar-refractivity contribution in [2.45, 2.75) is 51.0 Å². The first-order chi connectivity index (χ1) is 15.2. The van der Waals surface area contributed by atoms with Crippen LogP contribution in [0.4, 0.5) is 4.79 Å². The lowest BCUT2D eigenvalue weighted by Gasteiger charge is -2.31. The molecule has 7 nitrogen and oxygen atoms in total. The number of likely N-dealkylation sites (tertiary alicyclic amines) is 1. The van der Waals surface area contributed by atoms with E-state index in [4.69, 9.17) is 14.2 Å². The average Bonchev–Trinajstić information content (AvgIpc) is 3.58. The van der Waals surface area contributed by atoms with Crippen LogP contribution >= 0.6 is 0 Å². The monoisotopic (exact) mass is 418 g/mol. The first kappa shape index (κ1) is 19.7. The predicted molar refractivity (Wildman–Crippen MR) is 114 cm³/mol. The molecule has 5 rings (SSSR count). The number of carbonyl (C=O) groups excluding carboxylic acids is 1. The summed E-state index contributed by atoms with van der Waals surface area (Å²) >= 11 is 0. The third kappa shape index (κ3) is 4.45. The molecule has 0 atom stereocenters. The molecule has 1 saturated heterocycles. The molecule has 1 aliphatic carbocycles. The van der Waals surface area contributed by atoms with Crippen LogP contribution in [-0.4, -0.2) is 39.2 Å². The summed E-state index contributed by atoms with van der Waals surface area (Å²) in [5.74, 6) is 2.37. The smallest absolute Gasteiger partial charge is 0.410 e. The van der Waals surface area contributed by atoms with Gasteiger partial charge in [-0.2, -0.15) is 0 Å². The van der Waals surface area contributed by atoms with Crippen molar-refractivity contribution in [1.29, 1.82) is 0 Å². The Hall–Kier alpha value is -3.22. The molecule has 0 radical (unpaired) electrons. The highest BCUT2D eigenvalue weighted by atomic mass is 16.6. The van der Waals surface area contributed by atoms with Gasteiger partial charge in [-0.15, -0.1) is 0 Å². The van der Waals surface area contributed by atoms with Crippen LogP contribution in [-0.2, 0) is 11.3 Å². The summed E-state index contributed by atoms with van der Waals surface area (Å²) in [6.07, 6.45) is 5.62. The highest BCUT2D eigenvalue weighted by Gasteiger charge is 2.32. The Morgan fingerprint density at radius 2 is 1.90 bits per heavy atom. The standard InChI is InChI=1S/C24H26N4O3/c1-16-13-21(31-27-16)20-14-25-23(19-7-8-19)26-22(20)18-9-11-28(12-10-18)24(29)30-15-17-5-3-2-4-6-17/h2-6,13-14,18-19H,7-12,15H2,1H3. The molecule has 31 heavy (non-hydrogen) atoms. The fourth-order valence-electron chi connectivity index (χ4n) is 4.09. The van der Waals surface area contributed by atoms with E-state index in [0.29, 0.717) is 31.4 Å². The van der Waals surface area contributed by atoms with Gasteiger partial charge >= 0.3 is 6.09 Å². The number of hydrogen-bond acceptors (Lipinski definition) is 6. The molecule has 7 heteroatoms. The van der Waals surface area contributed by atoms with Gasteiger partial charge in [0, 0.05) is 37.2 Å². The minimum Gasteiger partial charge on any atom is -0.445 e. The summed E-state index contributed by atoms with van der Waals surface area (Å²) in [6.45, 7) is 3.50. The maximum absolute atomic E-state index is 12.5. The van der Waals surface area contributed by atoms with Gasteiger partial charge in [-0.05, 0) is 38.2 Å². The number of piperidine rings is 1. The summed E-state index contributed by atoms with van der Waals surface area (Å²) in [4.78, 5) is 23.9. The quantitative estimate of drug-likeness (QED) is 0.590. The summed E-state index contributed by atoms with van der Waals surface area (Å²) < 4.78 is 11.0. The van der Waals surface area contributed by atoms with Crippen LogP contribution in [0.3, 0.4) is 0 Å². The van der Waals surface area contributed by atoms with Crippen molar-refractivity contribution in [3.05, 3.63) is 65.4 Å². The Labute approximate surface area is 181 Å². The summed E-state index contributed by atoms with van der Waals surface area (Å²) in [5, 5.41) is 4.03. The van der Waals surface area contributed by atoms with E-state index in [-0.39, 0.29) is 12.0 Å². The third-order valence-electron chi connectivity index (χ3n) is 6.02. The fourth-order valence-corrected chi connectivity index (χ4v) is 4.09. The highest BCUT2D eigenvalue weighted by molar-refractivity contribution is 5.68. The van der Waals surface area contributed by atoms with E-state index >= 15 is 0 Å². The lowest BCUT2D eigenvalue weighted by atomic mass is 9.90. The average molecular weight is 418 g/mol. The number of aryl methyl sites for hydroxylation is 1. The van der Waals surface area contributed by atoms with Gasteiger partial charge in [0.2, 0.25) is 0 Å². The Balaban J connectivity index is 1.27. The molecule has 1 aliphatic heterocycles.